The number of fused-ring (bicyclic) bond motifs is 1. The Balaban J connectivity index is 1.65. The maximum absolute atomic E-state index is 12.4. The second-order valence-corrected chi connectivity index (χ2v) is 7.95. The number of nitrogens with zero attached hydrogens (tertiary/aromatic N) is 1. The van der Waals surface area contributed by atoms with Crippen LogP contribution < -0.4 is 5.32 Å². The second-order valence-electron chi connectivity index (χ2n) is 6.96. The molecule has 28 heavy (non-hydrogen) atoms. The number of thioether (sulfide) groups is 1. The number of hydrogen-bond acceptors (Lipinski definition) is 4. The fourth-order valence-electron chi connectivity index (χ4n) is 3.13. The van der Waals surface area contributed by atoms with E-state index in [2.05, 4.69) is 18.3 Å². The highest BCUT2D eigenvalue weighted by molar-refractivity contribution is 7.99. The molecular formula is C23H24N2O2S. The van der Waals surface area contributed by atoms with E-state index in [0.29, 0.717) is 6.42 Å². The van der Waals surface area contributed by atoms with E-state index in [1.165, 1.54) is 18.7 Å². The molecule has 1 heterocycles. The molecule has 0 saturated carbocycles. The van der Waals surface area contributed by atoms with Gasteiger partial charge in [0.15, 0.2) is 5.78 Å². The van der Waals surface area contributed by atoms with Crippen molar-refractivity contribution in [1.29, 1.82) is 0 Å². The van der Waals surface area contributed by atoms with Crippen molar-refractivity contribution in [2.45, 2.75) is 38.3 Å². The van der Waals surface area contributed by atoms with Crippen LogP contribution in [0.25, 0.3) is 10.9 Å². The van der Waals surface area contributed by atoms with Gasteiger partial charge in [-0.05, 0) is 49.9 Å². The van der Waals surface area contributed by atoms with Crippen LogP contribution in [-0.2, 0) is 16.0 Å². The summed E-state index contributed by atoms with van der Waals surface area (Å²) in [5.41, 5.74) is 4.25. The van der Waals surface area contributed by atoms with Crippen LogP contribution in [0.2, 0.25) is 0 Å². The molecule has 0 aliphatic heterocycles. The molecule has 3 rings (SSSR count). The van der Waals surface area contributed by atoms with Gasteiger partial charge in [-0.1, -0.05) is 60.3 Å². The van der Waals surface area contributed by atoms with Gasteiger partial charge in [-0.3, -0.25) is 9.59 Å². The van der Waals surface area contributed by atoms with Crippen molar-refractivity contribution in [2.75, 3.05) is 5.75 Å². The number of ketones is 1. The molecule has 1 N–H and O–H groups in total. The lowest BCUT2D eigenvalue weighted by molar-refractivity contribution is -0.125. The van der Waals surface area contributed by atoms with Gasteiger partial charge in [0.1, 0.15) is 0 Å². The van der Waals surface area contributed by atoms with Gasteiger partial charge in [0.25, 0.3) is 0 Å². The molecule has 0 aliphatic rings. The van der Waals surface area contributed by atoms with Crippen LogP contribution in [-0.4, -0.2) is 28.5 Å². The molecule has 0 bridgehead atoms. The predicted octanol–water partition coefficient (Wildman–Crippen LogP) is 4.26. The summed E-state index contributed by atoms with van der Waals surface area (Å²) in [5.74, 6) is 0.0190. The first-order valence-electron chi connectivity index (χ1n) is 9.27. The highest BCUT2D eigenvalue weighted by Gasteiger charge is 2.18. The molecule has 144 valence electrons. The van der Waals surface area contributed by atoms with E-state index in [1.54, 1.807) is 0 Å². The van der Waals surface area contributed by atoms with Crippen LogP contribution in [0.3, 0.4) is 0 Å². The van der Waals surface area contributed by atoms with E-state index in [1.807, 2.05) is 55.5 Å². The molecule has 1 aromatic heterocycles. The van der Waals surface area contributed by atoms with E-state index in [9.17, 15) is 9.59 Å². The Kier molecular flexibility index (Phi) is 6.47. The normalized spacial score (nSPS) is 12.0. The highest BCUT2D eigenvalue weighted by Crippen LogP contribution is 2.25. The first-order valence-corrected chi connectivity index (χ1v) is 10.3. The molecule has 1 atom stereocenters. The fraction of sp³-hybridized carbons (Fsp3) is 0.261. The van der Waals surface area contributed by atoms with Gasteiger partial charge in [0, 0.05) is 5.39 Å². The minimum absolute atomic E-state index is 0.0440. The summed E-state index contributed by atoms with van der Waals surface area (Å²) in [5, 5.41) is 4.81. The Bertz CT molecular complexity index is 1000. The molecule has 0 fully saturated rings. The van der Waals surface area contributed by atoms with Crippen LogP contribution in [0.1, 0.15) is 23.6 Å². The van der Waals surface area contributed by atoms with Crippen LogP contribution >= 0.6 is 11.8 Å². The quantitative estimate of drug-likeness (QED) is 0.611. The zero-order chi connectivity index (χ0) is 20.1. The lowest BCUT2D eigenvalue weighted by Gasteiger charge is -2.16. The Morgan fingerprint density at radius 1 is 1.04 bits per heavy atom. The van der Waals surface area contributed by atoms with E-state index >= 15 is 0 Å². The van der Waals surface area contributed by atoms with Gasteiger partial charge in [-0.2, -0.15) is 0 Å². The van der Waals surface area contributed by atoms with Crippen molar-refractivity contribution in [1.82, 2.24) is 10.3 Å². The second kappa shape index (κ2) is 9.02. The standard InChI is InChI=1S/C23H24N2O2S/c1-15-8-7-11-19-16(2)12-22(25-23(15)19)28-14-21(27)24-20(17(3)26)13-18-9-5-4-6-10-18/h4-12,20H,13-14H2,1-3H3,(H,24,27)/t20-/m1/s1. The van der Waals surface area contributed by atoms with Gasteiger partial charge in [0.2, 0.25) is 5.91 Å². The largest absolute Gasteiger partial charge is 0.345 e. The van der Waals surface area contributed by atoms with Crippen LogP contribution in [0.15, 0.2) is 59.6 Å². The number of nitrogens with one attached hydrogen (secondary N) is 1. The lowest BCUT2D eigenvalue weighted by atomic mass is 10.0. The summed E-state index contributed by atoms with van der Waals surface area (Å²) < 4.78 is 0. The average molecular weight is 393 g/mol. The number of para-hydroxylation sites is 1. The molecule has 3 aromatic rings. The first-order chi connectivity index (χ1) is 13.4. The number of Topliss-reactive ketones (excluding diaryl/α,β-unsaturated/α-hetero) is 1. The third-order valence-corrected chi connectivity index (χ3v) is 5.60. The minimum Gasteiger partial charge on any atom is -0.345 e. The number of aromatic nitrogens is 1. The molecule has 0 aliphatic carbocycles. The smallest absolute Gasteiger partial charge is 0.231 e. The molecule has 0 radical (unpaired) electrons. The van der Waals surface area contributed by atoms with Crippen LogP contribution in [0, 0.1) is 13.8 Å². The summed E-state index contributed by atoms with van der Waals surface area (Å²) in [4.78, 5) is 29.1. The maximum Gasteiger partial charge on any atom is 0.231 e. The van der Waals surface area contributed by atoms with Crippen LogP contribution in [0.5, 0.6) is 0 Å². The number of pyridine rings is 1. The fourth-order valence-corrected chi connectivity index (χ4v) is 3.90. The molecular weight excluding hydrogens is 368 g/mol. The molecule has 2 aromatic carbocycles. The van der Waals surface area contributed by atoms with Crippen molar-refractivity contribution in [3.05, 3.63) is 71.3 Å². The van der Waals surface area contributed by atoms with Crippen LogP contribution in [0.4, 0.5) is 0 Å². The first kappa shape index (κ1) is 20.1. The molecule has 0 unspecified atom stereocenters. The monoisotopic (exact) mass is 392 g/mol. The summed E-state index contributed by atoms with van der Waals surface area (Å²) in [6.45, 7) is 5.61. The summed E-state index contributed by atoms with van der Waals surface area (Å²) in [6, 6.07) is 17.3. The van der Waals surface area contributed by atoms with Crippen molar-refractivity contribution >= 4 is 34.4 Å². The maximum atomic E-state index is 12.4. The minimum atomic E-state index is -0.510. The van der Waals surface area contributed by atoms with Gasteiger partial charge in [-0.25, -0.2) is 4.98 Å². The van der Waals surface area contributed by atoms with E-state index < -0.39 is 6.04 Å². The number of amides is 1. The van der Waals surface area contributed by atoms with Gasteiger partial charge in [0.05, 0.1) is 22.3 Å². The third kappa shape index (κ3) is 4.98. The highest BCUT2D eigenvalue weighted by atomic mass is 32.2. The Labute approximate surface area is 169 Å². The van der Waals surface area contributed by atoms with E-state index in [-0.39, 0.29) is 17.4 Å². The summed E-state index contributed by atoms with van der Waals surface area (Å²) in [7, 11) is 0. The number of carbonyl (C=O) groups is 2. The number of carbonyl (C=O) groups excluding carboxylic acids is 2. The predicted molar refractivity (Wildman–Crippen MR) is 115 cm³/mol. The Morgan fingerprint density at radius 3 is 2.50 bits per heavy atom. The van der Waals surface area contributed by atoms with Crippen molar-refractivity contribution < 1.29 is 9.59 Å². The number of rotatable bonds is 7. The summed E-state index contributed by atoms with van der Waals surface area (Å²) >= 11 is 1.39. The molecule has 0 saturated heterocycles. The zero-order valence-electron chi connectivity index (χ0n) is 16.4. The summed E-state index contributed by atoms with van der Waals surface area (Å²) in [6.07, 6.45) is 0.499. The van der Waals surface area contributed by atoms with Gasteiger partial charge < -0.3 is 5.32 Å². The molecule has 4 nitrogen and oxygen atoms in total. The SMILES string of the molecule is CC(=O)[C@@H](Cc1ccccc1)NC(=O)CSc1cc(C)c2cccc(C)c2n1. The number of hydrogen-bond donors (Lipinski definition) is 1. The van der Waals surface area contributed by atoms with Gasteiger partial charge >= 0.3 is 0 Å². The van der Waals surface area contributed by atoms with E-state index in [4.69, 9.17) is 4.98 Å². The Hall–Kier alpha value is -2.66. The lowest BCUT2D eigenvalue weighted by Crippen LogP contribution is -2.42. The number of benzene rings is 2. The molecule has 5 heteroatoms. The topological polar surface area (TPSA) is 59.1 Å². The van der Waals surface area contributed by atoms with Crippen molar-refractivity contribution in [2.24, 2.45) is 0 Å². The molecule has 1 amide bonds. The zero-order valence-corrected chi connectivity index (χ0v) is 17.2. The van der Waals surface area contributed by atoms with E-state index in [0.717, 1.165) is 32.6 Å². The van der Waals surface area contributed by atoms with Crippen molar-refractivity contribution in [3.8, 4) is 0 Å². The van der Waals surface area contributed by atoms with Gasteiger partial charge in [-0.15, -0.1) is 0 Å². The van der Waals surface area contributed by atoms with Crippen molar-refractivity contribution in [3.63, 3.8) is 0 Å². The average Bonchev–Trinajstić information content (AvgIpc) is 2.67. The Morgan fingerprint density at radius 2 is 1.79 bits per heavy atom. The number of aryl methyl sites for hydroxylation is 2. The third-order valence-electron chi connectivity index (χ3n) is 4.68. The molecule has 0 spiro atoms.